The maximum Gasteiger partial charge on any atom is 0.277 e. The number of furan rings is 1. The molecule has 0 radical (unpaired) electrons. The molecule has 1 saturated carbocycles. The molecule has 2 heterocycles. The quantitative estimate of drug-likeness (QED) is 0.874. The summed E-state index contributed by atoms with van der Waals surface area (Å²) in [5, 5.41) is 10.1. The molecule has 1 aliphatic carbocycles. The lowest BCUT2D eigenvalue weighted by Gasteiger charge is -2.18. The molecule has 2 aromatic heterocycles. The number of likely N-dealkylation sites (N-methyl/N-ethyl adjacent to an activating group) is 1. The van der Waals surface area contributed by atoms with Crippen molar-refractivity contribution in [1.29, 1.82) is 0 Å². The minimum absolute atomic E-state index is 0.168. The Labute approximate surface area is 127 Å². The van der Waals surface area contributed by atoms with Gasteiger partial charge in [-0.05, 0) is 33.2 Å². The number of H-pyrrole nitrogens is 1. The molecule has 0 aromatic carbocycles. The Morgan fingerprint density at radius 1 is 1.41 bits per heavy atom. The molecule has 1 aliphatic rings. The fourth-order valence-electron chi connectivity index (χ4n) is 2.82. The van der Waals surface area contributed by atoms with E-state index >= 15 is 0 Å². The molecule has 1 amide bonds. The summed E-state index contributed by atoms with van der Waals surface area (Å²) in [7, 11) is 0. The molecular formula is C15H20N4O3. The van der Waals surface area contributed by atoms with Crippen LogP contribution in [0.3, 0.4) is 0 Å². The van der Waals surface area contributed by atoms with Gasteiger partial charge in [0.05, 0.1) is 17.6 Å². The van der Waals surface area contributed by atoms with Gasteiger partial charge in [-0.2, -0.15) is 5.10 Å². The van der Waals surface area contributed by atoms with Crippen LogP contribution in [0.1, 0.15) is 31.2 Å². The zero-order valence-electron chi connectivity index (χ0n) is 13.0. The highest BCUT2D eigenvalue weighted by atomic mass is 16.4. The predicted molar refractivity (Wildman–Crippen MR) is 83.0 cm³/mol. The first-order valence-electron chi connectivity index (χ1n) is 7.53. The number of anilines is 1. The van der Waals surface area contributed by atoms with Crippen LogP contribution in [0.5, 0.6) is 0 Å². The highest BCUT2D eigenvalue weighted by Gasteiger charge is 2.29. The predicted octanol–water partition coefficient (Wildman–Crippen LogP) is 1.56. The number of carbonyl (C=O) groups is 1. The van der Waals surface area contributed by atoms with E-state index in [-0.39, 0.29) is 17.4 Å². The summed E-state index contributed by atoms with van der Waals surface area (Å²) in [6, 6.07) is 0.515. The molecule has 22 heavy (non-hydrogen) atoms. The minimum Gasteiger partial charge on any atom is -0.444 e. The summed E-state index contributed by atoms with van der Waals surface area (Å²) in [5.74, 6) is 0.616. The Morgan fingerprint density at radius 2 is 2.14 bits per heavy atom. The lowest BCUT2D eigenvalue weighted by atomic mass is 10.2. The number of fused-ring (bicyclic) bond motifs is 1. The summed E-state index contributed by atoms with van der Waals surface area (Å²) in [6.45, 7) is 6.73. The van der Waals surface area contributed by atoms with Crippen molar-refractivity contribution in [3.8, 4) is 0 Å². The van der Waals surface area contributed by atoms with Gasteiger partial charge in [0.25, 0.3) is 5.56 Å². The van der Waals surface area contributed by atoms with Gasteiger partial charge in [-0.15, -0.1) is 0 Å². The van der Waals surface area contributed by atoms with Crippen LogP contribution in [0.15, 0.2) is 9.21 Å². The Hall–Kier alpha value is -2.15. The molecule has 2 N–H and O–H groups in total. The van der Waals surface area contributed by atoms with Gasteiger partial charge >= 0.3 is 0 Å². The highest BCUT2D eigenvalue weighted by Crippen LogP contribution is 2.29. The number of nitrogens with one attached hydrogen (secondary N) is 2. The number of hydrogen-bond donors (Lipinski definition) is 2. The van der Waals surface area contributed by atoms with Gasteiger partial charge in [-0.25, -0.2) is 5.10 Å². The molecule has 0 unspecified atom stereocenters. The van der Waals surface area contributed by atoms with Crippen LogP contribution in [0, 0.1) is 13.8 Å². The van der Waals surface area contributed by atoms with Crippen LogP contribution in [0.4, 0.5) is 5.88 Å². The third-order valence-electron chi connectivity index (χ3n) is 4.07. The number of aryl methyl sites for hydroxylation is 2. The molecule has 0 saturated heterocycles. The number of aromatic amines is 1. The second kappa shape index (κ2) is 5.57. The number of carbonyl (C=O) groups excluding carboxylic acids is 1. The number of nitrogens with zero attached hydrogens (tertiary/aromatic N) is 2. The van der Waals surface area contributed by atoms with Gasteiger partial charge < -0.3 is 4.42 Å². The maximum atomic E-state index is 12.2. The van der Waals surface area contributed by atoms with Gasteiger partial charge in [-0.3, -0.25) is 19.8 Å². The van der Waals surface area contributed by atoms with Crippen LogP contribution in [-0.4, -0.2) is 40.1 Å². The van der Waals surface area contributed by atoms with Crippen molar-refractivity contribution in [2.75, 3.05) is 18.4 Å². The van der Waals surface area contributed by atoms with Crippen molar-refractivity contribution in [2.24, 2.45) is 0 Å². The van der Waals surface area contributed by atoms with E-state index in [1.165, 1.54) is 0 Å². The van der Waals surface area contributed by atoms with Crippen molar-refractivity contribution in [3.05, 3.63) is 21.8 Å². The SMILES string of the molecule is CCN(CC(=O)Nc1oc(C)c2c(C)n[nH]c(=O)c12)C1CC1. The smallest absolute Gasteiger partial charge is 0.277 e. The van der Waals surface area contributed by atoms with Crippen LogP contribution < -0.4 is 10.9 Å². The number of amides is 1. The standard InChI is InChI=1S/C15H20N4O3/c1-4-19(10-5-6-10)7-11(20)16-15-13-12(9(3)22-15)8(2)17-18-14(13)21/h10H,4-7H2,1-3H3,(H,16,20)(H,18,21). The van der Waals surface area contributed by atoms with Gasteiger partial charge in [0.2, 0.25) is 11.8 Å². The average molecular weight is 304 g/mol. The molecule has 0 bridgehead atoms. The summed E-state index contributed by atoms with van der Waals surface area (Å²) in [5.41, 5.74) is 0.312. The molecule has 1 fully saturated rings. The summed E-state index contributed by atoms with van der Waals surface area (Å²) in [4.78, 5) is 26.4. The second-order valence-electron chi connectivity index (χ2n) is 5.72. The molecule has 3 rings (SSSR count). The van der Waals surface area contributed by atoms with Crippen molar-refractivity contribution < 1.29 is 9.21 Å². The van der Waals surface area contributed by atoms with E-state index in [0.717, 1.165) is 19.4 Å². The number of rotatable bonds is 5. The van der Waals surface area contributed by atoms with E-state index in [1.54, 1.807) is 13.8 Å². The van der Waals surface area contributed by atoms with Gasteiger partial charge in [0, 0.05) is 6.04 Å². The van der Waals surface area contributed by atoms with Crippen LogP contribution >= 0.6 is 0 Å². The maximum absolute atomic E-state index is 12.2. The van der Waals surface area contributed by atoms with Crippen molar-refractivity contribution in [3.63, 3.8) is 0 Å². The van der Waals surface area contributed by atoms with Crippen LogP contribution in [-0.2, 0) is 4.79 Å². The van der Waals surface area contributed by atoms with E-state index in [2.05, 4.69) is 20.4 Å². The van der Waals surface area contributed by atoms with Crippen LogP contribution in [0.2, 0.25) is 0 Å². The third-order valence-corrected chi connectivity index (χ3v) is 4.07. The first-order valence-corrected chi connectivity index (χ1v) is 7.53. The molecule has 118 valence electrons. The topological polar surface area (TPSA) is 91.2 Å². The lowest BCUT2D eigenvalue weighted by Crippen LogP contribution is -2.34. The summed E-state index contributed by atoms with van der Waals surface area (Å²) in [6.07, 6.45) is 2.29. The van der Waals surface area contributed by atoms with E-state index in [9.17, 15) is 9.59 Å². The Bertz CT molecular complexity index is 773. The zero-order chi connectivity index (χ0) is 15.9. The Balaban J connectivity index is 1.86. The van der Waals surface area contributed by atoms with Crippen molar-refractivity contribution >= 4 is 22.6 Å². The Morgan fingerprint density at radius 3 is 2.77 bits per heavy atom. The van der Waals surface area contributed by atoms with E-state index < -0.39 is 0 Å². The minimum atomic E-state index is -0.359. The van der Waals surface area contributed by atoms with Crippen molar-refractivity contribution in [1.82, 2.24) is 15.1 Å². The largest absolute Gasteiger partial charge is 0.444 e. The van der Waals surface area contributed by atoms with Gasteiger partial charge in [0.15, 0.2) is 0 Å². The number of hydrogen-bond acceptors (Lipinski definition) is 5. The summed E-state index contributed by atoms with van der Waals surface area (Å²) >= 11 is 0. The van der Waals surface area contributed by atoms with Gasteiger partial charge in [-0.1, -0.05) is 6.92 Å². The highest BCUT2D eigenvalue weighted by molar-refractivity contribution is 6.01. The van der Waals surface area contributed by atoms with E-state index in [0.29, 0.717) is 34.8 Å². The molecule has 0 aliphatic heterocycles. The molecule has 0 spiro atoms. The summed E-state index contributed by atoms with van der Waals surface area (Å²) < 4.78 is 5.58. The lowest BCUT2D eigenvalue weighted by molar-refractivity contribution is -0.117. The average Bonchev–Trinajstić information content (AvgIpc) is 3.25. The van der Waals surface area contributed by atoms with Gasteiger partial charge in [0.1, 0.15) is 11.1 Å². The zero-order valence-corrected chi connectivity index (χ0v) is 13.0. The molecule has 0 atom stereocenters. The normalized spacial score (nSPS) is 14.7. The first kappa shape index (κ1) is 14.8. The molecule has 2 aromatic rings. The number of aromatic nitrogens is 2. The molecule has 7 nitrogen and oxygen atoms in total. The molecular weight excluding hydrogens is 284 g/mol. The third kappa shape index (κ3) is 2.64. The molecule has 7 heteroatoms. The second-order valence-corrected chi connectivity index (χ2v) is 5.72. The fourth-order valence-corrected chi connectivity index (χ4v) is 2.82. The van der Waals surface area contributed by atoms with Crippen molar-refractivity contribution in [2.45, 2.75) is 39.7 Å². The van der Waals surface area contributed by atoms with E-state index in [4.69, 9.17) is 4.42 Å². The fraction of sp³-hybridized carbons (Fsp3) is 0.533. The van der Waals surface area contributed by atoms with E-state index in [1.807, 2.05) is 6.92 Å². The van der Waals surface area contributed by atoms with Crippen LogP contribution in [0.25, 0.3) is 10.8 Å². The Kier molecular flexibility index (Phi) is 3.74. The first-order chi connectivity index (χ1) is 10.5. The monoisotopic (exact) mass is 304 g/mol.